The van der Waals surface area contributed by atoms with Crippen LogP contribution < -0.4 is 21.9 Å². The van der Waals surface area contributed by atoms with E-state index < -0.39 is 11.6 Å². The number of benzene rings is 2. The third kappa shape index (κ3) is 4.85. The van der Waals surface area contributed by atoms with Gasteiger partial charge in [0.25, 0.3) is 11.5 Å². The molecule has 0 atom stereocenters. The molecule has 0 saturated heterocycles. The molecule has 2 aromatic heterocycles. The fourth-order valence-electron chi connectivity index (χ4n) is 5.08. The molecule has 2 aromatic carbocycles. The average Bonchev–Trinajstić information content (AvgIpc) is 3.54. The van der Waals surface area contributed by atoms with Gasteiger partial charge in [-0.1, -0.05) is 38.8 Å². The van der Waals surface area contributed by atoms with E-state index in [-0.39, 0.29) is 29.8 Å². The standard InChI is InChI=1S/C28H32N6O4/c1-3-15-32-26(37)22-14-11-19(25(36)30-20-7-5-6-8-20)16-23(22)34-27(32)31-33(28(34)38)17-24(35)29-21-12-9-18(4-2)10-13-21/h9-14,16,20H,3-8,15,17H2,1-2H3,(H,29,35)(H,30,36). The van der Waals surface area contributed by atoms with E-state index in [1.165, 1.54) is 8.97 Å². The average molecular weight is 517 g/mol. The Morgan fingerprint density at radius 3 is 2.45 bits per heavy atom. The van der Waals surface area contributed by atoms with Crippen LogP contribution in [0.1, 0.15) is 61.9 Å². The molecule has 1 fully saturated rings. The van der Waals surface area contributed by atoms with Crippen molar-refractivity contribution >= 4 is 34.2 Å². The van der Waals surface area contributed by atoms with Crippen molar-refractivity contribution in [3.63, 3.8) is 0 Å². The Kier molecular flexibility index (Phi) is 7.13. The quantitative estimate of drug-likeness (QED) is 0.373. The molecule has 1 aliphatic carbocycles. The molecule has 0 radical (unpaired) electrons. The zero-order valence-electron chi connectivity index (χ0n) is 21.7. The van der Waals surface area contributed by atoms with Gasteiger partial charge in [-0.05, 0) is 61.6 Å². The highest BCUT2D eigenvalue weighted by atomic mass is 16.2. The SMILES string of the molecule is CCCn1c(=O)c2ccc(C(=O)NC3CCCC3)cc2n2c(=O)n(CC(=O)Nc3ccc(CC)cc3)nc12. The van der Waals surface area contributed by atoms with Crippen LogP contribution >= 0.6 is 0 Å². The van der Waals surface area contributed by atoms with Crippen molar-refractivity contribution in [2.24, 2.45) is 0 Å². The van der Waals surface area contributed by atoms with Crippen molar-refractivity contribution in [2.75, 3.05) is 5.32 Å². The lowest BCUT2D eigenvalue weighted by Gasteiger charge is -2.13. The van der Waals surface area contributed by atoms with Crippen LogP contribution in [0.2, 0.25) is 0 Å². The minimum Gasteiger partial charge on any atom is -0.349 e. The van der Waals surface area contributed by atoms with Gasteiger partial charge < -0.3 is 10.6 Å². The number of hydrogen-bond donors (Lipinski definition) is 2. The number of fused-ring (bicyclic) bond motifs is 3. The summed E-state index contributed by atoms with van der Waals surface area (Å²) < 4.78 is 3.82. The molecule has 198 valence electrons. The summed E-state index contributed by atoms with van der Waals surface area (Å²) in [6.45, 7) is 4.01. The van der Waals surface area contributed by atoms with E-state index in [0.29, 0.717) is 35.1 Å². The Balaban J connectivity index is 1.54. The highest BCUT2D eigenvalue weighted by Crippen LogP contribution is 2.19. The molecule has 4 aromatic rings. The molecule has 10 nitrogen and oxygen atoms in total. The maximum atomic E-state index is 13.5. The van der Waals surface area contributed by atoms with Gasteiger partial charge in [-0.15, -0.1) is 5.10 Å². The summed E-state index contributed by atoms with van der Waals surface area (Å²) >= 11 is 0. The van der Waals surface area contributed by atoms with Gasteiger partial charge in [0, 0.05) is 23.8 Å². The first-order valence-corrected chi connectivity index (χ1v) is 13.3. The molecule has 0 bridgehead atoms. The smallest absolute Gasteiger partial charge is 0.349 e. The van der Waals surface area contributed by atoms with E-state index in [2.05, 4.69) is 22.7 Å². The first kappa shape index (κ1) is 25.4. The van der Waals surface area contributed by atoms with Crippen LogP contribution in [0.4, 0.5) is 5.69 Å². The van der Waals surface area contributed by atoms with Crippen molar-refractivity contribution in [1.82, 2.24) is 24.1 Å². The van der Waals surface area contributed by atoms with Gasteiger partial charge in [-0.3, -0.25) is 19.0 Å². The fraction of sp³-hybridized carbons (Fsp3) is 0.393. The number of aryl methyl sites for hydroxylation is 2. The zero-order chi connectivity index (χ0) is 26.8. The van der Waals surface area contributed by atoms with Crippen LogP contribution in [0.3, 0.4) is 0 Å². The summed E-state index contributed by atoms with van der Waals surface area (Å²) in [5.41, 5.74) is 1.58. The molecule has 2 N–H and O–H groups in total. The van der Waals surface area contributed by atoms with Gasteiger partial charge in [-0.2, -0.15) is 0 Å². The molecule has 2 heterocycles. The molecule has 0 spiro atoms. The molecule has 5 rings (SSSR count). The molecular weight excluding hydrogens is 484 g/mol. The van der Waals surface area contributed by atoms with Gasteiger partial charge in [0.2, 0.25) is 11.7 Å². The molecule has 10 heteroatoms. The highest BCUT2D eigenvalue weighted by molar-refractivity contribution is 5.98. The van der Waals surface area contributed by atoms with Crippen LogP contribution in [0.5, 0.6) is 0 Å². The first-order chi connectivity index (χ1) is 18.4. The maximum Gasteiger partial charge on any atom is 0.352 e. The second kappa shape index (κ2) is 10.6. The van der Waals surface area contributed by atoms with Crippen molar-refractivity contribution in [3.05, 3.63) is 74.4 Å². The van der Waals surface area contributed by atoms with E-state index in [9.17, 15) is 19.2 Å². The highest BCUT2D eigenvalue weighted by Gasteiger charge is 2.22. The number of carbonyl (C=O) groups is 2. The van der Waals surface area contributed by atoms with Crippen LogP contribution in [-0.4, -0.2) is 36.6 Å². The molecular formula is C28H32N6O4. The van der Waals surface area contributed by atoms with Crippen molar-refractivity contribution in [3.8, 4) is 0 Å². The number of hydrogen-bond acceptors (Lipinski definition) is 5. The largest absolute Gasteiger partial charge is 0.352 e. The summed E-state index contributed by atoms with van der Waals surface area (Å²) in [6.07, 6.45) is 5.62. The van der Waals surface area contributed by atoms with Gasteiger partial charge in [0.1, 0.15) is 6.54 Å². The second-order valence-corrected chi connectivity index (χ2v) is 9.82. The summed E-state index contributed by atoms with van der Waals surface area (Å²) in [7, 11) is 0. The number of nitrogens with zero attached hydrogens (tertiary/aromatic N) is 4. The van der Waals surface area contributed by atoms with Crippen molar-refractivity contribution in [2.45, 2.75) is 71.5 Å². The zero-order valence-corrected chi connectivity index (χ0v) is 21.7. The summed E-state index contributed by atoms with van der Waals surface area (Å²) in [4.78, 5) is 52.6. The van der Waals surface area contributed by atoms with E-state index in [1.54, 1.807) is 18.2 Å². The Bertz CT molecular complexity index is 1620. The van der Waals surface area contributed by atoms with Crippen LogP contribution in [0.15, 0.2) is 52.1 Å². The molecule has 2 amide bonds. The number of rotatable bonds is 8. The Morgan fingerprint density at radius 2 is 1.76 bits per heavy atom. The number of carbonyl (C=O) groups excluding carboxylic acids is 2. The van der Waals surface area contributed by atoms with Gasteiger partial charge in [-0.25, -0.2) is 13.9 Å². The first-order valence-electron chi connectivity index (χ1n) is 13.3. The van der Waals surface area contributed by atoms with Gasteiger partial charge in [0.05, 0.1) is 10.9 Å². The Morgan fingerprint density at radius 1 is 1.03 bits per heavy atom. The molecule has 38 heavy (non-hydrogen) atoms. The van der Waals surface area contributed by atoms with Crippen LogP contribution in [0.25, 0.3) is 16.7 Å². The minimum absolute atomic E-state index is 0.137. The number of aromatic nitrogens is 4. The Hall–Kier alpha value is -4.21. The lowest BCUT2D eigenvalue weighted by Crippen LogP contribution is -2.33. The monoisotopic (exact) mass is 516 g/mol. The maximum absolute atomic E-state index is 13.5. The second-order valence-electron chi connectivity index (χ2n) is 9.82. The van der Waals surface area contributed by atoms with E-state index in [4.69, 9.17) is 0 Å². The fourth-order valence-corrected chi connectivity index (χ4v) is 5.08. The predicted molar refractivity (Wildman–Crippen MR) is 146 cm³/mol. The summed E-state index contributed by atoms with van der Waals surface area (Å²) in [5, 5.41) is 10.5. The third-order valence-electron chi connectivity index (χ3n) is 7.12. The van der Waals surface area contributed by atoms with Crippen LogP contribution in [0, 0.1) is 0 Å². The topological polar surface area (TPSA) is 120 Å². The van der Waals surface area contributed by atoms with E-state index in [0.717, 1.165) is 42.3 Å². The summed E-state index contributed by atoms with van der Waals surface area (Å²) in [5.74, 6) is -0.508. The molecule has 0 aliphatic heterocycles. The van der Waals surface area contributed by atoms with Gasteiger partial charge in [0.15, 0.2) is 0 Å². The lowest BCUT2D eigenvalue weighted by atomic mass is 10.1. The third-order valence-corrected chi connectivity index (χ3v) is 7.12. The normalized spacial score (nSPS) is 13.8. The molecule has 1 aliphatic rings. The van der Waals surface area contributed by atoms with Crippen molar-refractivity contribution in [1.29, 1.82) is 0 Å². The predicted octanol–water partition coefficient (Wildman–Crippen LogP) is 3.09. The Labute approximate surface area is 219 Å². The number of anilines is 1. The number of nitrogens with one attached hydrogen (secondary N) is 2. The minimum atomic E-state index is -0.556. The number of amides is 2. The van der Waals surface area contributed by atoms with E-state index in [1.807, 2.05) is 31.2 Å². The summed E-state index contributed by atoms with van der Waals surface area (Å²) in [6, 6.07) is 12.4. The lowest BCUT2D eigenvalue weighted by molar-refractivity contribution is -0.117. The molecule has 1 saturated carbocycles. The van der Waals surface area contributed by atoms with Crippen LogP contribution in [-0.2, 0) is 24.3 Å². The van der Waals surface area contributed by atoms with E-state index >= 15 is 0 Å². The molecule has 0 unspecified atom stereocenters. The van der Waals surface area contributed by atoms with Gasteiger partial charge >= 0.3 is 5.69 Å². The van der Waals surface area contributed by atoms with Crippen molar-refractivity contribution < 1.29 is 9.59 Å².